The Hall–Kier alpha value is -0.0800. The van der Waals surface area contributed by atoms with Crippen molar-refractivity contribution in [2.45, 2.75) is 63.5 Å². The lowest BCUT2D eigenvalue weighted by atomic mass is 9.91. The number of likely N-dealkylation sites (tertiary alicyclic amines) is 1. The van der Waals surface area contributed by atoms with Gasteiger partial charge in [-0.25, -0.2) is 0 Å². The molecule has 1 aliphatic heterocycles. The van der Waals surface area contributed by atoms with Gasteiger partial charge in [0.2, 0.25) is 0 Å². The fourth-order valence-electron chi connectivity index (χ4n) is 3.32. The van der Waals surface area contributed by atoms with Crippen LogP contribution in [0.15, 0.2) is 0 Å². The van der Waals surface area contributed by atoms with Gasteiger partial charge in [0.1, 0.15) is 0 Å². The molecule has 0 spiro atoms. The summed E-state index contributed by atoms with van der Waals surface area (Å²) in [7, 11) is 2.19. The van der Waals surface area contributed by atoms with E-state index in [0.29, 0.717) is 12.0 Å². The minimum absolute atomic E-state index is 0.0596. The van der Waals surface area contributed by atoms with Gasteiger partial charge in [-0.2, -0.15) is 0 Å². The van der Waals surface area contributed by atoms with Crippen molar-refractivity contribution >= 4 is 0 Å². The quantitative estimate of drug-likeness (QED) is 0.758. The molecule has 1 N–H and O–H groups in total. The lowest BCUT2D eigenvalue weighted by Crippen LogP contribution is -2.43. The Morgan fingerprint density at radius 1 is 1.00 bits per heavy atom. The molecule has 1 saturated carbocycles. The molecule has 0 radical (unpaired) electrons. The molecule has 2 aliphatic rings. The van der Waals surface area contributed by atoms with Gasteiger partial charge in [0.25, 0.3) is 0 Å². The second-order valence-electron chi connectivity index (χ2n) is 5.43. The van der Waals surface area contributed by atoms with E-state index in [0.717, 1.165) is 0 Å². The topological polar surface area (TPSA) is 23.5 Å². The van der Waals surface area contributed by atoms with Gasteiger partial charge in [0.15, 0.2) is 0 Å². The highest BCUT2D eigenvalue weighted by Gasteiger charge is 2.32. The second-order valence-corrected chi connectivity index (χ2v) is 5.43. The maximum Gasteiger partial charge on any atom is 0.0723 e. The van der Waals surface area contributed by atoms with E-state index in [2.05, 4.69) is 11.9 Å². The average molecular weight is 211 g/mol. The van der Waals surface area contributed by atoms with Crippen LogP contribution in [0.2, 0.25) is 0 Å². The van der Waals surface area contributed by atoms with Crippen molar-refractivity contribution in [2.24, 2.45) is 5.92 Å². The number of hydrogen-bond acceptors (Lipinski definition) is 2. The van der Waals surface area contributed by atoms with Gasteiger partial charge >= 0.3 is 0 Å². The lowest BCUT2D eigenvalue weighted by Gasteiger charge is -2.33. The third-order valence-corrected chi connectivity index (χ3v) is 4.35. The van der Waals surface area contributed by atoms with Crippen LogP contribution >= 0.6 is 0 Å². The number of nitrogens with zero attached hydrogens (tertiary/aromatic N) is 1. The summed E-state index contributed by atoms with van der Waals surface area (Å²) in [6.45, 7) is 1.18. The van der Waals surface area contributed by atoms with Crippen LogP contribution in [0, 0.1) is 5.92 Å². The van der Waals surface area contributed by atoms with Crippen molar-refractivity contribution in [2.75, 3.05) is 13.6 Å². The summed E-state index contributed by atoms with van der Waals surface area (Å²) in [4.78, 5) is 2.40. The minimum Gasteiger partial charge on any atom is -0.391 e. The molecule has 2 fully saturated rings. The average Bonchev–Trinajstić information content (AvgIpc) is 2.68. The molecule has 2 atom stereocenters. The summed E-state index contributed by atoms with van der Waals surface area (Å²) in [5, 5.41) is 10.4. The SMILES string of the molecule is CN1CCCCCC1C(O)C1CCCC1. The zero-order chi connectivity index (χ0) is 10.7. The normalized spacial score (nSPS) is 32.8. The summed E-state index contributed by atoms with van der Waals surface area (Å²) in [5.74, 6) is 0.593. The number of likely N-dealkylation sites (N-methyl/N-ethyl adjacent to an activating group) is 1. The van der Waals surface area contributed by atoms with E-state index in [1.54, 1.807) is 0 Å². The molecule has 2 unspecified atom stereocenters. The van der Waals surface area contributed by atoms with E-state index >= 15 is 0 Å². The predicted octanol–water partition coefficient (Wildman–Crippen LogP) is 2.41. The molecule has 1 heterocycles. The van der Waals surface area contributed by atoms with Crippen molar-refractivity contribution in [3.05, 3.63) is 0 Å². The predicted molar refractivity (Wildman–Crippen MR) is 62.9 cm³/mol. The van der Waals surface area contributed by atoms with Gasteiger partial charge in [-0.1, -0.05) is 25.7 Å². The summed E-state index contributed by atoms with van der Waals surface area (Å²) in [6, 6.07) is 0.440. The Labute approximate surface area is 93.7 Å². The first-order valence-electron chi connectivity index (χ1n) is 6.67. The summed E-state index contributed by atoms with van der Waals surface area (Å²) in [5.41, 5.74) is 0. The highest BCUT2D eigenvalue weighted by molar-refractivity contribution is 4.86. The molecular weight excluding hydrogens is 186 g/mol. The van der Waals surface area contributed by atoms with Gasteiger partial charge in [-0.15, -0.1) is 0 Å². The molecule has 2 rings (SSSR count). The molecule has 15 heavy (non-hydrogen) atoms. The van der Waals surface area contributed by atoms with Gasteiger partial charge < -0.3 is 10.0 Å². The van der Waals surface area contributed by atoms with Crippen LogP contribution < -0.4 is 0 Å². The summed E-state index contributed by atoms with van der Waals surface area (Å²) in [6.07, 6.45) is 10.3. The summed E-state index contributed by atoms with van der Waals surface area (Å²) >= 11 is 0. The first kappa shape index (κ1) is 11.4. The molecule has 1 aliphatic carbocycles. The van der Waals surface area contributed by atoms with E-state index in [-0.39, 0.29) is 6.10 Å². The fraction of sp³-hybridized carbons (Fsp3) is 1.00. The van der Waals surface area contributed by atoms with Crippen molar-refractivity contribution in [3.63, 3.8) is 0 Å². The van der Waals surface area contributed by atoms with Crippen LogP contribution in [0.1, 0.15) is 51.4 Å². The Morgan fingerprint density at radius 3 is 2.40 bits per heavy atom. The highest BCUT2D eigenvalue weighted by atomic mass is 16.3. The van der Waals surface area contributed by atoms with Crippen LogP contribution in [0.3, 0.4) is 0 Å². The molecule has 0 aromatic heterocycles. The second kappa shape index (κ2) is 5.31. The van der Waals surface area contributed by atoms with Gasteiger partial charge in [-0.3, -0.25) is 0 Å². The monoisotopic (exact) mass is 211 g/mol. The van der Waals surface area contributed by atoms with Crippen molar-refractivity contribution in [1.29, 1.82) is 0 Å². The van der Waals surface area contributed by atoms with Crippen molar-refractivity contribution in [1.82, 2.24) is 4.90 Å². The van der Waals surface area contributed by atoms with Crippen LogP contribution in [-0.2, 0) is 0 Å². The molecule has 2 nitrogen and oxygen atoms in total. The van der Waals surface area contributed by atoms with Crippen molar-refractivity contribution < 1.29 is 5.11 Å². The van der Waals surface area contributed by atoms with E-state index < -0.39 is 0 Å². The van der Waals surface area contributed by atoms with E-state index in [4.69, 9.17) is 0 Å². The van der Waals surface area contributed by atoms with Crippen LogP contribution in [-0.4, -0.2) is 35.7 Å². The first-order chi connectivity index (χ1) is 7.29. The van der Waals surface area contributed by atoms with Crippen LogP contribution in [0.25, 0.3) is 0 Å². The van der Waals surface area contributed by atoms with Crippen LogP contribution in [0.4, 0.5) is 0 Å². The minimum atomic E-state index is -0.0596. The number of hydrogen-bond donors (Lipinski definition) is 1. The third-order valence-electron chi connectivity index (χ3n) is 4.35. The molecule has 0 aromatic carbocycles. The molecular formula is C13H25NO. The molecule has 88 valence electrons. The van der Waals surface area contributed by atoms with Gasteiger partial charge in [-0.05, 0) is 45.2 Å². The Morgan fingerprint density at radius 2 is 1.67 bits per heavy atom. The fourth-order valence-corrected chi connectivity index (χ4v) is 3.32. The maximum absolute atomic E-state index is 10.4. The van der Waals surface area contributed by atoms with E-state index in [9.17, 15) is 5.11 Å². The zero-order valence-electron chi connectivity index (χ0n) is 9.99. The summed E-state index contributed by atoms with van der Waals surface area (Å²) < 4.78 is 0. The first-order valence-corrected chi connectivity index (χ1v) is 6.67. The van der Waals surface area contributed by atoms with Gasteiger partial charge in [0.05, 0.1) is 6.10 Å². The Bertz CT molecular complexity index is 189. The van der Waals surface area contributed by atoms with E-state index in [1.807, 2.05) is 0 Å². The Kier molecular flexibility index (Phi) is 4.04. The Balaban J connectivity index is 1.93. The maximum atomic E-state index is 10.4. The lowest BCUT2D eigenvalue weighted by molar-refractivity contribution is 0.0217. The molecule has 0 aromatic rings. The van der Waals surface area contributed by atoms with Crippen LogP contribution in [0.5, 0.6) is 0 Å². The molecule has 0 amide bonds. The number of aliphatic hydroxyl groups is 1. The smallest absolute Gasteiger partial charge is 0.0723 e. The molecule has 1 saturated heterocycles. The molecule has 2 heteroatoms. The van der Waals surface area contributed by atoms with E-state index in [1.165, 1.54) is 57.9 Å². The number of aliphatic hydroxyl groups excluding tert-OH is 1. The zero-order valence-corrected chi connectivity index (χ0v) is 9.99. The third kappa shape index (κ3) is 2.73. The van der Waals surface area contributed by atoms with Crippen molar-refractivity contribution in [3.8, 4) is 0 Å². The largest absolute Gasteiger partial charge is 0.391 e. The van der Waals surface area contributed by atoms with Gasteiger partial charge in [0, 0.05) is 6.04 Å². The molecule has 0 bridgehead atoms. The standard InChI is InChI=1S/C13H25NO/c1-14-10-6-2-3-9-12(14)13(15)11-7-4-5-8-11/h11-13,15H,2-10H2,1H3. The number of rotatable bonds is 2. The highest BCUT2D eigenvalue weighted by Crippen LogP contribution is 2.32.